The van der Waals surface area contributed by atoms with Crippen LogP contribution in [0.4, 0.5) is 0 Å². The van der Waals surface area contributed by atoms with Crippen molar-refractivity contribution in [3.05, 3.63) is 36.9 Å². The van der Waals surface area contributed by atoms with Gasteiger partial charge >= 0.3 is 43.0 Å². The van der Waals surface area contributed by atoms with E-state index in [2.05, 4.69) is 34.9 Å². The summed E-state index contributed by atoms with van der Waals surface area (Å²) in [6.07, 6.45) is 4.71. The van der Waals surface area contributed by atoms with Gasteiger partial charge in [-0.05, 0) is 0 Å². The molecule has 0 aliphatic rings. The van der Waals surface area contributed by atoms with Crippen LogP contribution >= 0.6 is 0 Å². The van der Waals surface area contributed by atoms with Gasteiger partial charge in [-0.1, -0.05) is 27.7 Å². The summed E-state index contributed by atoms with van der Waals surface area (Å²) in [5.74, 6) is 0. The second kappa shape index (κ2) is 30.7. The Kier molecular flexibility index (Phi) is 43.9. The molecule has 0 N–H and O–H groups in total. The Morgan fingerprint density at radius 1 is 0.947 bits per heavy atom. The quantitative estimate of drug-likeness (QED) is 0.468. The summed E-state index contributed by atoms with van der Waals surface area (Å²) in [5.41, 5.74) is 0. The summed E-state index contributed by atoms with van der Waals surface area (Å²) in [7, 11) is 0. The first kappa shape index (κ1) is 27.2. The van der Waals surface area contributed by atoms with E-state index >= 15 is 0 Å². The third-order valence-electron chi connectivity index (χ3n) is 1.15. The van der Waals surface area contributed by atoms with Crippen molar-refractivity contribution in [2.75, 3.05) is 6.54 Å². The Balaban J connectivity index is -0.000000105. The Labute approximate surface area is 133 Å². The van der Waals surface area contributed by atoms with Gasteiger partial charge in [0, 0.05) is 0 Å². The van der Waals surface area contributed by atoms with E-state index in [1.807, 2.05) is 27.7 Å². The van der Waals surface area contributed by atoms with Crippen molar-refractivity contribution in [2.45, 2.75) is 67.0 Å². The molecule has 0 aliphatic carbocycles. The summed E-state index contributed by atoms with van der Waals surface area (Å²) >= 11 is 1.35. The molecule has 0 saturated heterocycles. The van der Waals surface area contributed by atoms with Crippen LogP contribution in [0.25, 0.3) is 10.6 Å². The van der Waals surface area contributed by atoms with Crippen LogP contribution in [0.3, 0.4) is 0 Å². The minimum Gasteiger partial charge on any atom is -0.346 e. The molecule has 0 radical (unpaired) electrons. The van der Waals surface area contributed by atoms with Gasteiger partial charge in [-0.25, -0.2) is 12.4 Å². The normalized spacial score (nSPS) is 8.58. The summed E-state index contributed by atoms with van der Waals surface area (Å²) in [5, 5.41) is 8.24. The van der Waals surface area contributed by atoms with Gasteiger partial charge in [0.05, 0.1) is 0 Å². The van der Waals surface area contributed by atoms with Crippen molar-refractivity contribution in [3.63, 3.8) is 0 Å². The molecule has 3 nitrogen and oxygen atoms in total. The standard InChI is InChI=1S/C8H16N2.C3H7N.2C2H5.W/c1-7(2)9-5-6-10-8(3)4;1-2-3-4;2*1-2;/h5-8H,1-4H3;2-3H2,1H3;2*1H2,2H3;/q-2;;2*-1;/b6-5-;;;;. The van der Waals surface area contributed by atoms with Gasteiger partial charge in [0.2, 0.25) is 0 Å². The molecule has 0 unspecified atom stereocenters. The molecule has 0 aromatic rings. The van der Waals surface area contributed by atoms with Crippen LogP contribution in [0.1, 0.15) is 54.9 Å². The topological polar surface area (TPSA) is 40.6 Å². The zero-order chi connectivity index (χ0) is 16.1. The first-order chi connectivity index (χ1) is 9.04. The van der Waals surface area contributed by atoms with Crippen LogP contribution in [-0.4, -0.2) is 18.6 Å². The average Bonchev–Trinajstić information content (AvgIpc) is 2.41. The van der Waals surface area contributed by atoms with Gasteiger partial charge in [0.25, 0.3) is 0 Å². The molecule has 0 aromatic heterocycles. The maximum absolute atomic E-state index is 4.12. The molecule has 0 aromatic carbocycles. The maximum Gasteiger partial charge on any atom is -0.194 e. The van der Waals surface area contributed by atoms with Gasteiger partial charge < -0.3 is 24.5 Å². The van der Waals surface area contributed by atoms with E-state index < -0.39 is 0 Å². The van der Waals surface area contributed by atoms with E-state index in [0.717, 1.165) is 6.54 Å². The predicted molar refractivity (Wildman–Crippen MR) is 85.8 cm³/mol. The monoisotopic (exact) mass is 439 g/mol. The first-order valence-electron chi connectivity index (χ1n) is 6.80. The fourth-order valence-electron chi connectivity index (χ4n) is 0.513. The number of rotatable bonds is 6. The smallest absolute Gasteiger partial charge is 0.194 e. The zero-order valence-corrected chi connectivity index (χ0v) is 16.8. The third kappa shape index (κ3) is 57.3. The van der Waals surface area contributed by atoms with Crippen molar-refractivity contribution in [3.8, 4) is 0 Å². The molecule has 0 spiro atoms. The summed E-state index contributed by atoms with van der Waals surface area (Å²) in [6.45, 7) is 21.3. The van der Waals surface area contributed by atoms with Crippen LogP contribution in [0, 0.1) is 13.8 Å². The molecule has 0 bridgehead atoms. The van der Waals surface area contributed by atoms with Gasteiger partial charge in [0.15, 0.2) is 0 Å². The van der Waals surface area contributed by atoms with Crippen LogP contribution in [-0.2, 0) is 19.6 Å². The maximum atomic E-state index is 4.12. The molecule has 0 saturated carbocycles. The van der Waals surface area contributed by atoms with E-state index in [9.17, 15) is 0 Å². The van der Waals surface area contributed by atoms with Gasteiger partial charge in [-0.15, -0.1) is 12.1 Å². The van der Waals surface area contributed by atoms with E-state index in [0.29, 0.717) is 12.1 Å². The van der Waals surface area contributed by atoms with Crippen molar-refractivity contribution >= 4 is 0 Å². The average molecular weight is 439 g/mol. The molecule has 0 atom stereocenters. The second-order valence-electron chi connectivity index (χ2n) is 3.64. The molecule has 0 aliphatic heterocycles. The second-order valence-corrected chi connectivity index (χ2v) is 4.56. The summed E-state index contributed by atoms with van der Waals surface area (Å²) in [6, 6.07) is 0.747. The Morgan fingerprint density at radius 3 is 1.37 bits per heavy atom. The van der Waals surface area contributed by atoms with E-state index in [1.165, 1.54) is 26.1 Å². The number of hydrogen-bond acceptors (Lipinski definition) is 1. The van der Waals surface area contributed by atoms with Crippen LogP contribution in [0.15, 0.2) is 15.9 Å². The molecule has 0 amide bonds. The molecule has 118 valence electrons. The molecule has 0 rings (SSSR count). The van der Waals surface area contributed by atoms with Crippen molar-refractivity contribution in [1.29, 1.82) is 0 Å². The molecular weight excluding hydrogens is 406 g/mol. The fourth-order valence-corrected chi connectivity index (χ4v) is 1.17. The Bertz CT molecular complexity index is 145. The van der Waals surface area contributed by atoms with Gasteiger partial charge in [-0.3, -0.25) is 0 Å². The van der Waals surface area contributed by atoms with E-state index in [4.69, 9.17) is 0 Å². The van der Waals surface area contributed by atoms with E-state index in [-0.39, 0.29) is 0 Å². The predicted octanol–water partition coefficient (Wildman–Crippen LogP) is 5.83. The van der Waals surface area contributed by atoms with Gasteiger partial charge in [0.1, 0.15) is 0 Å². The fraction of sp³-hybridized carbons (Fsp3) is 0.733. The van der Waals surface area contributed by atoms with Crippen LogP contribution < -0.4 is 0 Å². The summed E-state index contributed by atoms with van der Waals surface area (Å²) < 4.78 is 3.94. The van der Waals surface area contributed by atoms with Crippen LogP contribution in [0.5, 0.6) is 0 Å². The van der Waals surface area contributed by atoms with Crippen LogP contribution in [0.2, 0.25) is 0 Å². The SMILES string of the molecule is CC(C)[N-]/C=C\[N-]C(C)C.CCC[N]=[W].[CH2-]C.[CH2-]C. The van der Waals surface area contributed by atoms with Crippen molar-refractivity contribution < 1.29 is 19.6 Å². The van der Waals surface area contributed by atoms with Crippen molar-refractivity contribution in [1.82, 2.24) is 0 Å². The third-order valence-corrected chi connectivity index (χ3v) is 1.81. The molecule has 0 heterocycles. The zero-order valence-electron chi connectivity index (χ0n) is 13.9. The first-order valence-corrected chi connectivity index (χ1v) is 8.11. The molecule has 4 heteroatoms. The largest absolute Gasteiger partial charge is 0.346 e. The minimum absolute atomic E-state index is 0.374. The molecule has 19 heavy (non-hydrogen) atoms. The minimum atomic E-state index is 0.374. The number of hydrogen-bond donors (Lipinski definition) is 0. The summed E-state index contributed by atoms with van der Waals surface area (Å²) in [4.78, 5) is 0. The molecular formula is C15H33N3W-4. The Morgan fingerprint density at radius 2 is 1.26 bits per heavy atom. The Hall–Kier alpha value is -0.172. The van der Waals surface area contributed by atoms with Gasteiger partial charge in [-0.2, -0.15) is 13.8 Å². The van der Waals surface area contributed by atoms with E-state index in [1.54, 1.807) is 26.2 Å². The molecule has 0 fully saturated rings. The number of nitrogens with zero attached hydrogens (tertiary/aromatic N) is 3. The van der Waals surface area contributed by atoms with Crippen molar-refractivity contribution in [2.24, 2.45) is 3.50 Å².